The molecular formula is C14H18N2O2. The Morgan fingerprint density at radius 1 is 1.39 bits per heavy atom. The Balaban J connectivity index is 2.11. The number of aryl methyl sites for hydroxylation is 1. The fourth-order valence-corrected chi connectivity index (χ4v) is 2.65. The molecule has 1 aromatic heterocycles. The van der Waals surface area contributed by atoms with Crippen molar-refractivity contribution < 1.29 is 9.47 Å². The summed E-state index contributed by atoms with van der Waals surface area (Å²) in [4.78, 5) is 3.31. The first kappa shape index (κ1) is 11.6. The van der Waals surface area contributed by atoms with Crippen LogP contribution in [-0.2, 0) is 4.74 Å². The number of nitrogens with one attached hydrogen (secondary N) is 2. The van der Waals surface area contributed by atoms with Crippen LogP contribution in [0.4, 0.5) is 0 Å². The van der Waals surface area contributed by atoms with E-state index in [-0.39, 0.29) is 6.10 Å². The van der Waals surface area contributed by atoms with Crippen LogP contribution in [0, 0.1) is 6.92 Å². The second-order valence-electron chi connectivity index (χ2n) is 4.62. The summed E-state index contributed by atoms with van der Waals surface area (Å²) in [7, 11) is 1.71. The van der Waals surface area contributed by atoms with Gasteiger partial charge in [0.2, 0.25) is 0 Å². The molecule has 96 valence electrons. The van der Waals surface area contributed by atoms with Gasteiger partial charge in [-0.25, -0.2) is 0 Å². The smallest absolute Gasteiger partial charge is 0.122 e. The third-order valence-corrected chi connectivity index (χ3v) is 3.58. The molecule has 1 aromatic carbocycles. The van der Waals surface area contributed by atoms with Crippen molar-refractivity contribution in [1.29, 1.82) is 0 Å². The van der Waals surface area contributed by atoms with Crippen molar-refractivity contribution in [3.63, 3.8) is 0 Å². The highest BCUT2D eigenvalue weighted by atomic mass is 16.5. The van der Waals surface area contributed by atoms with Crippen molar-refractivity contribution in [2.45, 2.75) is 13.0 Å². The van der Waals surface area contributed by atoms with E-state index in [0.717, 1.165) is 31.0 Å². The maximum atomic E-state index is 5.84. The molecule has 2 N–H and O–H groups in total. The Hall–Kier alpha value is -1.52. The van der Waals surface area contributed by atoms with Crippen LogP contribution in [0.25, 0.3) is 10.9 Å². The van der Waals surface area contributed by atoms with Crippen molar-refractivity contribution in [3.8, 4) is 5.75 Å². The molecule has 1 fully saturated rings. The fraction of sp³-hybridized carbons (Fsp3) is 0.429. The average molecular weight is 246 g/mol. The summed E-state index contributed by atoms with van der Waals surface area (Å²) in [6.45, 7) is 4.65. The minimum absolute atomic E-state index is 0.123. The molecule has 0 radical (unpaired) electrons. The van der Waals surface area contributed by atoms with Crippen molar-refractivity contribution in [1.82, 2.24) is 10.3 Å². The molecule has 3 rings (SSSR count). The summed E-state index contributed by atoms with van der Waals surface area (Å²) in [6.07, 6.45) is 2.17. The van der Waals surface area contributed by atoms with Gasteiger partial charge in [-0.2, -0.15) is 0 Å². The third-order valence-electron chi connectivity index (χ3n) is 3.58. The van der Waals surface area contributed by atoms with Gasteiger partial charge in [-0.3, -0.25) is 0 Å². The average Bonchev–Trinajstić information content (AvgIpc) is 2.85. The Labute approximate surface area is 106 Å². The van der Waals surface area contributed by atoms with Crippen molar-refractivity contribution in [2.75, 3.05) is 26.8 Å². The Kier molecular flexibility index (Phi) is 2.97. The molecule has 0 amide bonds. The van der Waals surface area contributed by atoms with Gasteiger partial charge in [0.15, 0.2) is 0 Å². The number of benzene rings is 1. The molecule has 0 saturated carbocycles. The Morgan fingerprint density at radius 3 is 3.00 bits per heavy atom. The van der Waals surface area contributed by atoms with Crippen LogP contribution in [0.3, 0.4) is 0 Å². The van der Waals surface area contributed by atoms with Crippen molar-refractivity contribution in [2.24, 2.45) is 0 Å². The number of hydrogen-bond acceptors (Lipinski definition) is 3. The Morgan fingerprint density at radius 2 is 2.28 bits per heavy atom. The number of fused-ring (bicyclic) bond motifs is 1. The zero-order valence-corrected chi connectivity index (χ0v) is 10.7. The summed E-state index contributed by atoms with van der Waals surface area (Å²) in [5.41, 5.74) is 3.52. The van der Waals surface area contributed by atoms with E-state index in [1.165, 1.54) is 16.5 Å². The predicted molar refractivity (Wildman–Crippen MR) is 71.2 cm³/mol. The number of ether oxygens (including phenoxy) is 2. The van der Waals surface area contributed by atoms with Crippen LogP contribution in [0.5, 0.6) is 5.75 Å². The monoisotopic (exact) mass is 246 g/mol. The van der Waals surface area contributed by atoms with Gasteiger partial charge in [-0.05, 0) is 19.1 Å². The van der Waals surface area contributed by atoms with E-state index in [1.54, 1.807) is 7.11 Å². The number of methoxy groups -OCH3 is 1. The number of rotatable bonds is 2. The molecule has 1 saturated heterocycles. The highest BCUT2D eigenvalue weighted by Crippen LogP contribution is 2.33. The van der Waals surface area contributed by atoms with E-state index in [9.17, 15) is 0 Å². The van der Waals surface area contributed by atoms with Crippen LogP contribution in [0.15, 0.2) is 18.3 Å². The summed E-state index contributed by atoms with van der Waals surface area (Å²) in [6, 6.07) is 4.05. The summed E-state index contributed by atoms with van der Waals surface area (Å²) in [5.74, 6) is 0.923. The molecule has 0 spiro atoms. The molecular weight excluding hydrogens is 228 g/mol. The molecule has 0 bridgehead atoms. The van der Waals surface area contributed by atoms with Crippen LogP contribution in [0.2, 0.25) is 0 Å². The lowest BCUT2D eigenvalue weighted by Crippen LogP contribution is -2.33. The minimum atomic E-state index is 0.123. The first-order valence-corrected chi connectivity index (χ1v) is 6.28. The molecule has 1 atom stereocenters. The maximum Gasteiger partial charge on any atom is 0.122 e. The molecule has 1 aliphatic rings. The highest BCUT2D eigenvalue weighted by Gasteiger charge is 2.21. The van der Waals surface area contributed by atoms with Gasteiger partial charge in [0.05, 0.1) is 19.8 Å². The topological polar surface area (TPSA) is 46.3 Å². The van der Waals surface area contributed by atoms with E-state index >= 15 is 0 Å². The molecule has 2 aromatic rings. The fourth-order valence-electron chi connectivity index (χ4n) is 2.65. The Bertz CT molecular complexity index is 556. The first-order valence-electron chi connectivity index (χ1n) is 6.28. The second kappa shape index (κ2) is 4.63. The number of morpholine rings is 1. The van der Waals surface area contributed by atoms with Gasteiger partial charge in [0.1, 0.15) is 5.75 Å². The molecule has 0 aliphatic carbocycles. The van der Waals surface area contributed by atoms with E-state index in [0.29, 0.717) is 0 Å². The summed E-state index contributed by atoms with van der Waals surface area (Å²) < 4.78 is 11.2. The molecule has 1 aliphatic heterocycles. The lowest BCUT2D eigenvalue weighted by atomic mass is 10.0. The van der Waals surface area contributed by atoms with Crippen LogP contribution < -0.4 is 10.1 Å². The lowest BCUT2D eigenvalue weighted by molar-refractivity contribution is 0.0286. The van der Waals surface area contributed by atoms with E-state index in [4.69, 9.17) is 9.47 Å². The maximum absolute atomic E-state index is 5.84. The van der Waals surface area contributed by atoms with Gasteiger partial charge in [0, 0.05) is 41.3 Å². The van der Waals surface area contributed by atoms with Gasteiger partial charge in [-0.1, -0.05) is 0 Å². The molecule has 18 heavy (non-hydrogen) atoms. The zero-order valence-electron chi connectivity index (χ0n) is 10.7. The number of H-pyrrole nitrogens is 1. The number of aromatic amines is 1. The van der Waals surface area contributed by atoms with Gasteiger partial charge < -0.3 is 19.8 Å². The highest BCUT2D eigenvalue weighted by molar-refractivity contribution is 5.88. The largest absolute Gasteiger partial charge is 0.496 e. The summed E-state index contributed by atoms with van der Waals surface area (Å²) in [5, 5.41) is 4.59. The summed E-state index contributed by atoms with van der Waals surface area (Å²) >= 11 is 0. The minimum Gasteiger partial charge on any atom is -0.496 e. The van der Waals surface area contributed by atoms with E-state index < -0.39 is 0 Å². The second-order valence-corrected chi connectivity index (χ2v) is 4.62. The standard InChI is InChI=1S/C14H18N2O2/c1-9-12(17-2)4-3-11-14(9)10(7-16-11)13-8-15-5-6-18-13/h3-4,7,13,15-16H,5-6,8H2,1-2H3. The third kappa shape index (κ3) is 1.78. The van der Waals surface area contributed by atoms with E-state index in [1.807, 2.05) is 6.07 Å². The molecule has 4 heteroatoms. The van der Waals surface area contributed by atoms with Crippen LogP contribution >= 0.6 is 0 Å². The number of hydrogen-bond donors (Lipinski definition) is 2. The van der Waals surface area contributed by atoms with Gasteiger partial charge in [-0.15, -0.1) is 0 Å². The quantitative estimate of drug-likeness (QED) is 0.853. The molecule has 1 unspecified atom stereocenters. The van der Waals surface area contributed by atoms with Crippen molar-refractivity contribution in [3.05, 3.63) is 29.5 Å². The van der Waals surface area contributed by atoms with Gasteiger partial charge in [0.25, 0.3) is 0 Å². The first-order chi connectivity index (χ1) is 8.81. The zero-order chi connectivity index (χ0) is 12.5. The van der Waals surface area contributed by atoms with Crippen LogP contribution in [0.1, 0.15) is 17.2 Å². The predicted octanol–water partition coefficient (Wildman–Crippen LogP) is 2.15. The van der Waals surface area contributed by atoms with Crippen molar-refractivity contribution >= 4 is 10.9 Å². The molecule has 4 nitrogen and oxygen atoms in total. The SMILES string of the molecule is COc1ccc2[nH]cc(C3CNCCO3)c2c1C. The van der Waals surface area contributed by atoms with E-state index in [2.05, 4.69) is 29.5 Å². The molecule has 2 heterocycles. The lowest BCUT2D eigenvalue weighted by Gasteiger charge is -2.23. The van der Waals surface area contributed by atoms with Gasteiger partial charge >= 0.3 is 0 Å². The normalized spacial score (nSPS) is 20.2. The number of aromatic nitrogens is 1. The van der Waals surface area contributed by atoms with Crippen LogP contribution in [-0.4, -0.2) is 31.8 Å².